The van der Waals surface area contributed by atoms with E-state index in [1.807, 2.05) is 0 Å². The Morgan fingerprint density at radius 1 is 1.38 bits per heavy atom. The Balaban J connectivity index is 3.82. The Morgan fingerprint density at radius 3 is 2.31 bits per heavy atom. The van der Waals surface area contributed by atoms with E-state index in [1.165, 1.54) is 0 Å². The summed E-state index contributed by atoms with van der Waals surface area (Å²) in [5, 5.41) is -0.217. The molecule has 0 spiro atoms. The van der Waals surface area contributed by atoms with Crippen LogP contribution >= 0.6 is 12.2 Å². The number of ether oxygens (including phenoxy) is 3. The van der Waals surface area contributed by atoms with E-state index in [-0.39, 0.29) is 11.8 Å². The van der Waals surface area contributed by atoms with Crippen LogP contribution in [0.25, 0.3) is 0 Å². The highest BCUT2D eigenvalue weighted by Gasteiger charge is 2.17. The zero-order valence-corrected chi connectivity index (χ0v) is 9.06. The third kappa shape index (κ3) is 7.52. The fraction of sp³-hybridized carbons (Fsp3) is 0.750. The van der Waals surface area contributed by atoms with Crippen LogP contribution in [0.1, 0.15) is 27.7 Å². The molecule has 0 aliphatic carbocycles. The van der Waals surface area contributed by atoms with Crippen molar-refractivity contribution in [3.8, 4) is 0 Å². The minimum Gasteiger partial charge on any atom is -0.451 e. The van der Waals surface area contributed by atoms with Crippen molar-refractivity contribution in [1.29, 1.82) is 0 Å². The lowest BCUT2D eigenvalue weighted by atomic mass is 10.2. The molecule has 0 fully saturated rings. The maximum Gasteiger partial charge on any atom is 0.516 e. The van der Waals surface area contributed by atoms with Gasteiger partial charge in [0.25, 0.3) is 0 Å². The summed E-state index contributed by atoms with van der Waals surface area (Å²) in [5.74, 6) is 0. The molecule has 0 atom stereocenters. The van der Waals surface area contributed by atoms with Crippen LogP contribution in [0.5, 0.6) is 0 Å². The lowest BCUT2D eigenvalue weighted by molar-refractivity contribution is 0.0509. The molecule has 0 aromatic carbocycles. The van der Waals surface area contributed by atoms with Crippen molar-refractivity contribution in [2.24, 2.45) is 0 Å². The molecule has 0 aliphatic heterocycles. The van der Waals surface area contributed by atoms with E-state index >= 15 is 0 Å². The third-order valence-corrected chi connectivity index (χ3v) is 0.985. The maximum atomic E-state index is 10.7. The fourth-order valence-electron chi connectivity index (χ4n) is 0.486. The molecule has 0 aromatic rings. The molecule has 0 N–H and O–H groups in total. The molecule has 76 valence electrons. The number of carbonyl (C=O) groups excluding carboxylic acids is 1. The summed E-state index contributed by atoms with van der Waals surface area (Å²) in [5.41, 5.74) is -0.469. The van der Waals surface area contributed by atoms with Crippen LogP contribution in [0.15, 0.2) is 0 Å². The van der Waals surface area contributed by atoms with Crippen molar-refractivity contribution < 1.29 is 19.0 Å². The van der Waals surface area contributed by atoms with Crippen molar-refractivity contribution in [3.05, 3.63) is 0 Å². The second-order valence-corrected chi connectivity index (χ2v) is 3.58. The molecule has 0 saturated heterocycles. The monoisotopic (exact) mass is 206 g/mol. The molecule has 5 heteroatoms. The van der Waals surface area contributed by atoms with Gasteiger partial charge in [-0.15, -0.1) is 0 Å². The molecule has 0 rings (SSSR count). The standard InChI is InChI=1S/C8H14O4S/c1-5-10-6(9)11-7(13)12-8(2,3)4/h5H2,1-4H3. The van der Waals surface area contributed by atoms with E-state index in [1.54, 1.807) is 27.7 Å². The second-order valence-electron chi connectivity index (χ2n) is 3.25. The summed E-state index contributed by atoms with van der Waals surface area (Å²) in [6.07, 6.45) is -0.836. The van der Waals surface area contributed by atoms with Gasteiger partial charge in [-0.1, -0.05) is 0 Å². The van der Waals surface area contributed by atoms with E-state index in [0.717, 1.165) is 0 Å². The van der Waals surface area contributed by atoms with Crippen LogP contribution in [0.3, 0.4) is 0 Å². The molecule has 0 heterocycles. The summed E-state index contributed by atoms with van der Waals surface area (Å²) in [7, 11) is 0. The average molecular weight is 206 g/mol. The SMILES string of the molecule is CCOC(=O)OC(=S)OC(C)(C)C. The first-order valence-electron chi connectivity index (χ1n) is 3.92. The maximum absolute atomic E-state index is 10.7. The normalized spacial score (nSPS) is 10.5. The Morgan fingerprint density at radius 2 is 1.92 bits per heavy atom. The predicted molar refractivity (Wildman–Crippen MR) is 51.5 cm³/mol. The summed E-state index contributed by atoms with van der Waals surface area (Å²) >= 11 is 4.65. The van der Waals surface area contributed by atoms with Crippen molar-refractivity contribution in [3.63, 3.8) is 0 Å². The van der Waals surface area contributed by atoms with Gasteiger partial charge < -0.3 is 14.2 Å². The lowest BCUT2D eigenvalue weighted by Gasteiger charge is -2.19. The molecule has 0 amide bonds. The van der Waals surface area contributed by atoms with Crippen LogP contribution in [0.4, 0.5) is 4.79 Å². The van der Waals surface area contributed by atoms with E-state index < -0.39 is 11.8 Å². The van der Waals surface area contributed by atoms with E-state index in [9.17, 15) is 4.79 Å². The van der Waals surface area contributed by atoms with Crippen LogP contribution in [0.2, 0.25) is 0 Å². The zero-order valence-electron chi connectivity index (χ0n) is 8.25. The lowest BCUT2D eigenvalue weighted by Crippen LogP contribution is -2.26. The first kappa shape index (κ1) is 12.2. The fourth-order valence-corrected chi connectivity index (χ4v) is 0.804. The van der Waals surface area contributed by atoms with E-state index in [2.05, 4.69) is 21.7 Å². The summed E-state index contributed by atoms with van der Waals surface area (Å²) in [6, 6.07) is 0. The predicted octanol–water partition coefficient (Wildman–Crippen LogP) is 2.26. The van der Waals surface area contributed by atoms with E-state index in [0.29, 0.717) is 0 Å². The van der Waals surface area contributed by atoms with Gasteiger partial charge in [0.05, 0.1) is 6.61 Å². The molecule has 0 radical (unpaired) electrons. The number of thiocarbonyl (C=S) groups is 1. The third-order valence-electron chi connectivity index (χ3n) is 0.818. The topological polar surface area (TPSA) is 44.8 Å². The van der Waals surface area contributed by atoms with Gasteiger partial charge in [0, 0.05) is 12.2 Å². The van der Waals surface area contributed by atoms with Gasteiger partial charge in [-0.05, 0) is 27.7 Å². The highest BCUT2D eigenvalue weighted by atomic mass is 32.1. The van der Waals surface area contributed by atoms with Gasteiger partial charge in [0.1, 0.15) is 5.60 Å². The first-order valence-corrected chi connectivity index (χ1v) is 4.33. The molecule has 0 bridgehead atoms. The van der Waals surface area contributed by atoms with Crippen LogP contribution in [-0.4, -0.2) is 23.6 Å². The van der Waals surface area contributed by atoms with Crippen LogP contribution in [0, 0.1) is 0 Å². The number of carbonyl (C=O) groups is 1. The quantitative estimate of drug-likeness (QED) is 0.486. The highest BCUT2D eigenvalue weighted by Crippen LogP contribution is 2.08. The summed E-state index contributed by atoms with van der Waals surface area (Å²) < 4.78 is 14.1. The Hall–Kier alpha value is -0.840. The average Bonchev–Trinajstić information content (AvgIpc) is 1.81. The zero-order chi connectivity index (χ0) is 10.5. The van der Waals surface area contributed by atoms with Crippen molar-refractivity contribution in [2.45, 2.75) is 33.3 Å². The van der Waals surface area contributed by atoms with Gasteiger partial charge in [-0.25, -0.2) is 4.79 Å². The van der Waals surface area contributed by atoms with Gasteiger partial charge in [0.15, 0.2) is 0 Å². The molecular formula is C8H14O4S. The first-order chi connectivity index (χ1) is 5.85. The molecule has 13 heavy (non-hydrogen) atoms. The largest absolute Gasteiger partial charge is 0.516 e. The molecule has 0 aromatic heterocycles. The molecular weight excluding hydrogens is 192 g/mol. The summed E-state index contributed by atoms with van der Waals surface area (Å²) in [4.78, 5) is 10.7. The number of hydrogen-bond acceptors (Lipinski definition) is 5. The number of hydrogen-bond donors (Lipinski definition) is 0. The van der Waals surface area contributed by atoms with Crippen LogP contribution in [-0.2, 0) is 14.2 Å². The van der Waals surface area contributed by atoms with Crippen molar-refractivity contribution in [1.82, 2.24) is 0 Å². The molecule has 0 aliphatic rings. The molecule has 0 saturated carbocycles. The van der Waals surface area contributed by atoms with E-state index in [4.69, 9.17) is 4.74 Å². The van der Waals surface area contributed by atoms with Gasteiger partial charge >= 0.3 is 11.4 Å². The second kappa shape index (κ2) is 5.01. The molecule has 4 nitrogen and oxygen atoms in total. The Labute approximate surface area is 83.2 Å². The summed E-state index contributed by atoms with van der Waals surface area (Å²) in [6.45, 7) is 7.32. The van der Waals surface area contributed by atoms with Crippen molar-refractivity contribution >= 4 is 23.6 Å². The van der Waals surface area contributed by atoms with Crippen LogP contribution < -0.4 is 0 Å². The number of rotatable bonds is 1. The van der Waals surface area contributed by atoms with Gasteiger partial charge in [0.2, 0.25) is 0 Å². The highest BCUT2D eigenvalue weighted by molar-refractivity contribution is 7.79. The Bertz CT molecular complexity index is 195. The smallest absolute Gasteiger partial charge is 0.451 e. The van der Waals surface area contributed by atoms with Crippen molar-refractivity contribution in [2.75, 3.05) is 6.61 Å². The minimum atomic E-state index is -0.836. The molecule has 0 unspecified atom stereocenters. The van der Waals surface area contributed by atoms with Gasteiger partial charge in [-0.2, -0.15) is 0 Å². The minimum absolute atomic E-state index is 0.217. The van der Waals surface area contributed by atoms with Gasteiger partial charge in [-0.3, -0.25) is 0 Å². The Kier molecular flexibility index (Phi) is 4.69.